The summed E-state index contributed by atoms with van der Waals surface area (Å²) in [5, 5.41) is 0.141. The molecule has 0 spiro atoms. The van der Waals surface area contributed by atoms with Gasteiger partial charge in [0.25, 0.3) is 15.9 Å². The van der Waals surface area contributed by atoms with Crippen molar-refractivity contribution in [3.8, 4) is 11.5 Å². The zero-order valence-corrected chi connectivity index (χ0v) is 18.2. The molecule has 9 nitrogen and oxygen atoms in total. The molecule has 0 aliphatic carbocycles. The molecular weight excluding hydrogens is 485 g/mol. The first kappa shape index (κ1) is 22.8. The lowest BCUT2D eigenvalue weighted by atomic mass is 10.2. The van der Waals surface area contributed by atoms with E-state index in [-0.39, 0.29) is 28.3 Å². The molecule has 1 N–H and O–H groups in total. The van der Waals surface area contributed by atoms with E-state index in [1.165, 1.54) is 41.6 Å². The van der Waals surface area contributed by atoms with Gasteiger partial charge in [0.2, 0.25) is 5.13 Å². The highest BCUT2D eigenvalue weighted by Gasteiger charge is 2.31. The van der Waals surface area contributed by atoms with Crippen LogP contribution in [0.4, 0.5) is 24.0 Å². The van der Waals surface area contributed by atoms with Crippen LogP contribution in [0.1, 0.15) is 5.56 Å². The van der Waals surface area contributed by atoms with Crippen LogP contribution in [0.25, 0.3) is 0 Å². The topological polar surface area (TPSA) is 111 Å². The minimum atomic E-state index is -4.80. The van der Waals surface area contributed by atoms with E-state index in [0.29, 0.717) is 24.2 Å². The van der Waals surface area contributed by atoms with Gasteiger partial charge in [0.1, 0.15) is 17.8 Å². The number of halogens is 3. The second kappa shape index (κ2) is 8.86. The predicted octanol–water partition coefficient (Wildman–Crippen LogP) is 3.21. The van der Waals surface area contributed by atoms with Crippen LogP contribution in [0.5, 0.6) is 11.5 Å². The second-order valence-corrected chi connectivity index (χ2v) is 9.21. The van der Waals surface area contributed by atoms with Crippen LogP contribution in [-0.2, 0) is 21.2 Å². The zero-order chi connectivity index (χ0) is 23.6. The zero-order valence-electron chi connectivity index (χ0n) is 16.6. The number of ether oxygens (including phenoxy) is 2. The number of carbonyl (C=O) groups excluding carboxylic acids is 1. The third kappa shape index (κ3) is 5.51. The van der Waals surface area contributed by atoms with Crippen molar-refractivity contribution in [2.45, 2.75) is 17.7 Å². The number of fused-ring (bicyclic) bond motifs is 1. The summed E-state index contributed by atoms with van der Waals surface area (Å²) in [6, 6.07) is 9.09. The number of hydrogen-bond acceptors (Lipinski definition) is 8. The molecule has 0 unspecified atom stereocenters. The number of amides is 1. The summed E-state index contributed by atoms with van der Waals surface area (Å²) in [4.78, 5) is 17.9. The molecule has 1 aromatic heterocycles. The molecule has 174 valence electrons. The van der Waals surface area contributed by atoms with Crippen LogP contribution in [-0.4, -0.2) is 43.2 Å². The smallest absolute Gasteiger partial charge is 0.484 e. The van der Waals surface area contributed by atoms with E-state index < -0.39 is 22.1 Å². The number of nitrogens with one attached hydrogen (secondary N) is 1. The van der Waals surface area contributed by atoms with Crippen LogP contribution in [0.2, 0.25) is 0 Å². The van der Waals surface area contributed by atoms with E-state index in [0.717, 1.165) is 23.7 Å². The maximum Gasteiger partial charge on any atom is 0.573 e. The lowest BCUT2D eigenvalue weighted by molar-refractivity contribution is -0.274. The van der Waals surface area contributed by atoms with E-state index in [2.05, 4.69) is 18.8 Å². The van der Waals surface area contributed by atoms with Crippen molar-refractivity contribution in [3.05, 3.63) is 54.4 Å². The molecular formula is C19H15F3N4O5S2. The maximum absolute atomic E-state index is 12.6. The van der Waals surface area contributed by atoms with E-state index >= 15 is 0 Å². The normalized spacial score (nSPS) is 13.5. The first-order chi connectivity index (χ1) is 15.6. The van der Waals surface area contributed by atoms with Gasteiger partial charge in [-0.25, -0.2) is 13.4 Å². The van der Waals surface area contributed by atoms with Crippen molar-refractivity contribution in [2.24, 2.45) is 0 Å². The van der Waals surface area contributed by atoms with Crippen LogP contribution in [0.15, 0.2) is 53.7 Å². The van der Waals surface area contributed by atoms with Crippen molar-refractivity contribution in [1.82, 2.24) is 9.36 Å². The van der Waals surface area contributed by atoms with Gasteiger partial charge < -0.3 is 14.4 Å². The lowest BCUT2D eigenvalue weighted by Gasteiger charge is -2.18. The number of rotatable bonds is 7. The Labute approximate surface area is 190 Å². The van der Waals surface area contributed by atoms with Gasteiger partial charge in [0.05, 0.1) is 4.90 Å². The van der Waals surface area contributed by atoms with E-state index in [1.54, 1.807) is 0 Å². The van der Waals surface area contributed by atoms with Crippen molar-refractivity contribution in [3.63, 3.8) is 0 Å². The monoisotopic (exact) mass is 500 g/mol. The summed E-state index contributed by atoms with van der Waals surface area (Å²) in [7, 11) is -3.85. The summed E-state index contributed by atoms with van der Waals surface area (Å²) in [5.41, 5.74) is 1.24. The van der Waals surface area contributed by atoms with E-state index in [4.69, 9.17) is 4.74 Å². The van der Waals surface area contributed by atoms with Gasteiger partial charge in [0, 0.05) is 23.8 Å². The van der Waals surface area contributed by atoms with Crippen LogP contribution in [0, 0.1) is 0 Å². The fourth-order valence-corrected chi connectivity index (χ4v) is 4.87. The molecule has 1 aliphatic rings. The van der Waals surface area contributed by atoms with Crippen LogP contribution >= 0.6 is 11.5 Å². The molecule has 0 radical (unpaired) electrons. The lowest BCUT2D eigenvalue weighted by Crippen LogP contribution is -2.33. The molecule has 33 heavy (non-hydrogen) atoms. The highest BCUT2D eigenvalue weighted by molar-refractivity contribution is 7.93. The molecule has 0 saturated carbocycles. The van der Waals surface area contributed by atoms with Gasteiger partial charge in [-0.2, -0.15) is 4.37 Å². The van der Waals surface area contributed by atoms with Crippen molar-refractivity contribution >= 4 is 38.3 Å². The van der Waals surface area contributed by atoms with Gasteiger partial charge in [-0.1, -0.05) is 0 Å². The van der Waals surface area contributed by atoms with Gasteiger partial charge in [-0.15, -0.1) is 13.2 Å². The minimum absolute atomic E-state index is 0.0307. The third-order valence-electron chi connectivity index (χ3n) is 4.56. The number of carbonyl (C=O) groups is 1. The molecule has 4 rings (SSSR count). The molecule has 0 bridgehead atoms. The summed E-state index contributed by atoms with van der Waals surface area (Å²) < 4.78 is 77.0. The van der Waals surface area contributed by atoms with E-state index in [1.807, 2.05) is 0 Å². The average Bonchev–Trinajstić information content (AvgIpc) is 3.40. The number of alkyl halides is 3. The van der Waals surface area contributed by atoms with Gasteiger partial charge >= 0.3 is 6.36 Å². The molecule has 1 aliphatic heterocycles. The van der Waals surface area contributed by atoms with Gasteiger partial charge in [-0.3, -0.25) is 9.52 Å². The average molecular weight is 500 g/mol. The van der Waals surface area contributed by atoms with Crippen molar-refractivity contribution < 1.29 is 35.9 Å². The number of hydrogen-bond donors (Lipinski definition) is 1. The Balaban J connectivity index is 1.39. The number of aromatic nitrogens is 2. The standard InChI is InChI=1S/C19H15F3N4O5S2/c20-19(21,22)31-14-3-1-13(2-4-14)30-10-17(27)26-8-7-12-9-15(5-6-16(12)26)33(28,29)25-18-23-11-24-32-18/h1-6,9,11H,7-8,10H2,(H,23,24,25). The highest BCUT2D eigenvalue weighted by Crippen LogP contribution is 2.31. The molecule has 0 atom stereocenters. The summed E-state index contributed by atoms with van der Waals surface area (Å²) in [6.07, 6.45) is -3.11. The summed E-state index contributed by atoms with van der Waals surface area (Å²) in [5.74, 6) is -0.588. The Morgan fingerprint density at radius 1 is 1.15 bits per heavy atom. The highest BCUT2D eigenvalue weighted by atomic mass is 32.2. The third-order valence-corrected chi connectivity index (χ3v) is 6.61. The number of sulfonamides is 1. The summed E-state index contributed by atoms with van der Waals surface area (Å²) >= 11 is 0.906. The number of nitrogens with zero attached hydrogens (tertiary/aromatic N) is 3. The first-order valence-electron chi connectivity index (χ1n) is 9.32. The Morgan fingerprint density at radius 2 is 1.88 bits per heavy atom. The van der Waals surface area contributed by atoms with Crippen LogP contribution in [0.3, 0.4) is 0 Å². The Kier molecular flexibility index (Phi) is 6.12. The quantitative estimate of drug-likeness (QED) is 0.530. The number of anilines is 2. The fourth-order valence-electron chi connectivity index (χ4n) is 3.16. The number of benzene rings is 2. The van der Waals surface area contributed by atoms with Gasteiger partial charge in [-0.05, 0) is 54.4 Å². The first-order valence-corrected chi connectivity index (χ1v) is 11.6. The Morgan fingerprint density at radius 3 is 2.55 bits per heavy atom. The Bertz CT molecular complexity index is 1250. The molecule has 2 aromatic carbocycles. The molecule has 0 fully saturated rings. The molecule has 0 saturated heterocycles. The second-order valence-electron chi connectivity index (χ2n) is 6.75. The summed E-state index contributed by atoms with van der Waals surface area (Å²) in [6.45, 7) is -0.0131. The Hall–Kier alpha value is -3.39. The maximum atomic E-state index is 12.6. The molecule has 14 heteroatoms. The van der Waals surface area contributed by atoms with E-state index in [9.17, 15) is 26.4 Å². The van der Waals surface area contributed by atoms with Crippen molar-refractivity contribution in [1.29, 1.82) is 0 Å². The minimum Gasteiger partial charge on any atom is -0.484 e. The van der Waals surface area contributed by atoms with Crippen LogP contribution < -0.4 is 19.1 Å². The van der Waals surface area contributed by atoms with Gasteiger partial charge in [0.15, 0.2) is 6.61 Å². The SMILES string of the molecule is O=C(COc1ccc(OC(F)(F)F)cc1)N1CCc2cc(S(=O)(=O)Nc3ncns3)ccc21. The molecule has 3 aromatic rings. The largest absolute Gasteiger partial charge is 0.573 e. The molecule has 1 amide bonds. The van der Waals surface area contributed by atoms with Crippen molar-refractivity contribution in [2.75, 3.05) is 22.8 Å². The fraction of sp³-hybridized carbons (Fsp3) is 0.211. The molecule has 2 heterocycles. The predicted molar refractivity (Wildman–Crippen MR) is 112 cm³/mol.